The van der Waals surface area contributed by atoms with E-state index in [4.69, 9.17) is 14.9 Å². The quantitative estimate of drug-likeness (QED) is 0.276. The summed E-state index contributed by atoms with van der Waals surface area (Å²) >= 11 is 0. The fourth-order valence-corrected chi connectivity index (χ4v) is 3.99. The number of rotatable bonds is 9. The van der Waals surface area contributed by atoms with Gasteiger partial charge in [-0.2, -0.15) is 5.10 Å². The van der Waals surface area contributed by atoms with Crippen molar-refractivity contribution < 1.29 is 19.4 Å². The number of aliphatic hydroxyl groups is 1. The van der Waals surface area contributed by atoms with Crippen molar-refractivity contribution in [3.63, 3.8) is 0 Å². The van der Waals surface area contributed by atoms with Crippen LogP contribution in [0.3, 0.4) is 0 Å². The summed E-state index contributed by atoms with van der Waals surface area (Å²) in [5, 5.41) is 23.8. The smallest absolute Gasteiger partial charge is 0.407 e. The monoisotopic (exact) mass is 466 g/mol. The van der Waals surface area contributed by atoms with Gasteiger partial charge in [0.2, 0.25) is 0 Å². The lowest BCUT2D eigenvalue weighted by molar-refractivity contribution is 0.0530. The molecule has 0 saturated carbocycles. The fourth-order valence-electron chi connectivity index (χ4n) is 3.99. The summed E-state index contributed by atoms with van der Waals surface area (Å²) in [6.07, 6.45) is 2.75. The van der Waals surface area contributed by atoms with Gasteiger partial charge in [-0.1, -0.05) is 0 Å². The lowest BCUT2D eigenvalue weighted by Crippen LogP contribution is -2.35. The molecule has 0 spiro atoms. The summed E-state index contributed by atoms with van der Waals surface area (Å²) < 4.78 is 7.14. The van der Waals surface area contributed by atoms with Crippen molar-refractivity contribution in [1.29, 1.82) is 0 Å². The van der Waals surface area contributed by atoms with Crippen LogP contribution in [0.15, 0.2) is 30.6 Å². The average molecular weight is 467 g/mol. The van der Waals surface area contributed by atoms with E-state index >= 15 is 0 Å². The van der Waals surface area contributed by atoms with Crippen molar-refractivity contribution in [2.75, 3.05) is 38.1 Å². The number of carbonyl (C=O) groups excluding carboxylic acids is 2. The van der Waals surface area contributed by atoms with E-state index in [1.807, 2.05) is 43.7 Å². The van der Waals surface area contributed by atoms with Crippen molar-refractivity contribution >= 4 is 28.5 Å². The van der Waals surface area contributed by atoms with Crippen LogP contribution >= 0.6 is 0 Å². The van der Waals surface area contributed by atoms with E-state index in [2.05, 4.69) is 20.9 Å². The predicted molar refractivity (Wildman–Crippen MR) is 129 cm³/mol. The molecule has 1 aromatic carbocycles. The molecule has 2 heterocycles. The van der Waals surface area contributed by atoms with Crippen molar-refractivity contribution in [2.24, 2.45) is 0 Å². The Morgan fingerprint density at radius 3 is 2.71 bits per heavy atom. The maximum Gasteiger partial charge on any atom is 0.407 e. The lowest BCUT2D eigenvalue weighted by atomic mass is 9.87. The van der Waals surface area contributed by atoms with Crippen LogP contribution in [-0.4, -0.2) is 70.1 Å². The third-order valence-electron chi connectivity index (χ3n) is 5.36. The highest BCUT2D eigenvalue weighted by atomic mass is 16.6. The number of nitrogens with one attached hydrogen (secondary N) is 3. The van der Waals surface area contributed by atoms with Gasteiger partial charge in [0.1, 0.15) is 11.3 Å². The van der Waals surface area contributed by atoms with Gasteiger partial charge < -0.3 is 25.8 Å². The van der Waals surface area contributed by atoms with Crippen LogP contribution in [0.2, 0.25) is 0 Å². The second kappa shape index (κ2) is 9.78. The van der Waals surface area contributed by atoms with Crippen LogP contribution in [0.1, 0.15) is 36.7 Å². The van der Waals surface area contributed by atoms with E-state index in [-0.39, 0.29) is 12.4 Å². The molecule has 180 valence electrons. The van der Waals surface area contributed by atoms with Gasteiger partial charge in [0, 0.05) is 55.2 Å². The fraction of sp³-hybridized carbons (Fsp3) is 0.417. The van der Waals surface area contributed by atoms with Gasteiger partial charge >= 0.3 is 6.09 Å². The third kappa shape index (κ3) is 4.87. The van der Waals surface area contributed by atoms with Gasteiger partial charge in [-0.05, 0) is 39.0 Å². The number of amides is 1. The molecule has 1 aliphatic carbocycles. The number of pyridine rings is 1. The number of aliphatic hydroxyl groups excluding tert-OH is 1. The SMILES string of the molecule is CC(C)(C)OC(=O)NCCNc1ccc2c3c(nn2CCNCCO)-c2ccncc2C(=O)c13. The summed E-state index contributed by atoms with van der Waals surface area (Å²) in [4.78, 5) is 29.5. The van der Waals surface area contributed by atoms with Gasteiger partial charge in [0.25, 0.3) is 0 Å². The number of nitrogens with zero attached hydrogens (tertiary/aromatic N) is 3. The van der Waals surface area contributed by atoms with E-state index in [1.54, 1.807) is 12.4 Å². The zero-order valence-corrected chi connectivity index (χ0v) is 19.6. The standard InChI is InChI=1S/C24H30N6O4/c1-24(2,3)34-23(33)28-9-8-27-17-4-5-18-20-19(17)22(32)16-14-26-7-6-15(16)21(20)29-30(18)12-10-25-11-13-31/h4-7,14,25,27,31H,8-13H2,1-3H3,(H,28,33). The molecule has 0 saturated heterocycles. The Kier molecular flexibility index (Phi) is 6.80. The van der Waals surface area contributed by atoms with Gasteiger partial charge in [0.05, 0.1) is 29.8 Å². The molecule has 0 aliphatic heterocycles. The Balaban J connectivity index is 1.60. The summed E-state index contributed by atoms with van der Waals surface area (Å²) in [6.45, 7) is 7.99. The number of aromatic nitrogens is 3. The zero-order valence-electron chi connectivity index (χ0n) is 19.6. The highest BCUT2D eigenvalue weighted by Gasteiger charge is 2.31. The minimum atomic E-state index is -0.565. The van der Waals surface area contributed by atoms with Crippen LogP contribution < -0.4 is 16.0 Å². The van der Waals surface area contributed by atoms with Gasteiger partial charge in [-0.15, -0.1) is 0 Å². The topological polar surface area (TPSA) is 130 Å². The molecule has 0 fully saturated rings. The van der Waals surface area contributed by atoms with Crippen molar-refractivity contribution in [1.82, 2.24) is 25.4 Å². The molecule has 34 heavy (non-hydrogen) atoms. The first-order valence-corrected chi connectivity index (χ1v) is 11.3. The molecular weight excluding hydrogens is 436 g/mol. The molecule has 0 radical (unpaired) electrons. The minimum absolute atomic E-state index is 0.0714. The maximum absolute atomic E-state index is 13.5. The highest BCUT2D eigenvalue weighted by Crippen LogP contribution is 2.41. The zero-order chi connectivity index (χ0) is 24.3. The summed E-state index contributed by atoms with van der Waals surface area (Å²) in [7, 11) is 0. The first kappa shape index (κ1) is 23.7. The van der Waals surface area contributed by atoms with Gasteiger partial charge in [-0.3, -0.25) is 14.5 Å². The Morgan fingerprint density at radius 2 is 1.94 bits per heavy atom. The molecular formula is C24H30N6O4. The average Bonchev–Trinajstić information content (AvgIpc) is 3.16. The number of fused-ring (bicyclic) bond motifs is 2. The number of carbonyl (C=O) groups is 2. The van der Waals surface area contributed by atoms with Gasteiger partial charge in [0.15, 0.2) is 5.78 Å². The Morgan fingerprint density at radius 1 is 1.12 bits per heavy atom. The summed E-state index contributed by atoms with van der Waals surface area (Å²) in [5.41, 5.74) is 3.57. The predicted octanol–water partition coefficient (Wildman–Crippen LogP) is 2.16. The third-order valence-corrected chi connectivity index (χ3v) is 5.36. The summed E-state index contributed by atoms with van der Waals surface area (Å²) in [6, 6.07) is 5.63. The largest absolute Gasteiger partial charge is 0.444 e. The van der Waals surface area contributed by atoms with E-state index in [1.165, 1.54) is 0 Å². The number of alkyl carbamates (subject to hydrolysis) is 1. The second-order valence-electron chi connectivity index (χ2n) is 9.03. The molecule has 0 atom stereocenters. The molecule has 0 bridgehead atoms. The maximum atomic E-state index is 13.5. The molecule has 10 heteroatoms. The van der Waals surface area contributed by atoms with Crippen LogP contribution in [0.4, 0.5) is 10.5 Å². The molecule has 1 aliphatic rings. The molecule has 2 aromatic heterocycles. The number of anilines is 1. The second-order valence-corrected chi connectivity index (χ2v) is 9.03. The normalized spacial score (nSPS) is 12.5. The van der Waals surface area contributed by atoms with Crippen molar-refractivity contribution in [3.8, 4) is 11.3 Å². The number of hydrogen-bond acceptors (Lipinski definition) is 8. The molecule has 4 N–H and O–H groups in total. The highest BCUT2D eigenvalue weighted by molar-refractivity contribution is 6.27. The number of ether oxygens (including phenoxy) is 1. The van der Waals surface area contributed by atoms with Gasteiger partial charge in [-0.25, -0.2) is 4.79 Å². The van der Waals surface area contributed by atoms with E-state index in [0.29, 0.717) is 49.5 Å². The molecule has 1 amide bonds. The Hall–Kier alpha value is -3.50. The Bertz CT molecular complexity index is 1210. The van der Waals surface area contributed by atoms with E-state index < -0.39 is 11.7 Å². The first-order chi connectivity index (χ1) is 16.3. The molecule has 4 rings (SSSR count). The minimum Gasteiger partial charge on any atom is -0.444 e. The number of hydrogen-bond donors (Lipinski definition) is 4. The van der Waals surface area contributed by atoms with Crippen molar-refractivity contribution in [2.45, 2.75) is 32.9 Å². The first-order valence-electron chi connectivity index (χ1n) is 11.3. The Labute approximate surface area is 197 Å². The van der Waals surface area contributed by atoms with Crippen LogP contribution in [-0.2, 0) is 11.3 Å². The molecule has 10 nitrogen and oxygen atoms in total. The molecule has 3 aromatic rings. The van der Waals surface area contributed by atoms with Crippen LogP contribution in [0, 0.1) is 0 Å². The van der Waals surface area contributed by atoms with E-state index in [0.717, 1.165) is 22.2 Å². The summed E-state index contributed by atoms with van der Waals surface area (Å²) in [5.74, 6) is -0.109. The number of ketones is 1. The van der Waals surface area contributed by atoms with Crippen LogP contribution in [0.5, 0.6) is 0 Å². The van der Waals surface area contributed by atoms with Crippen molar-refractivity contribution in [3.05, 3.63) is 41.7 Å². The number of benzene rings is 1. The van der Waals surface area contributed by atoms with Crippen LogP contribution in [0.25, 0.3) is 22.2 Å². The molecule has 0 unspecified atom stereocenters. The van der Waals surface area contributed by atoms with E-state index in [9.17, 15) is 9.59 Å². The lowest BCUT2D eigenvalue weighted by Gasteiger charge is -2.20.